The van der Waals surface area contributed by atoms with Gasteiger partial charge in [-0.25, -0.2) is 0 Å². The molecule has 1 heterocycles. The quantitative estimate of drug-likeness (QED) is 0.655. The molecule has 1 saturated heterocycles. The van der Waals surface area contributed by atoms with Crippen molar-refractivity contribution in [2.75, 3.05) is 26.8 Å². The van der Waals surface area contributed by atoms with Gasteiger partial charge >= 0.3 is 0 Å². The van der Waals surface area contributed by atoms with Crippen molar-refractivity contribution in [3.63, 3.8) is 0 Å². The third-order valence-corrected chi connectivity index (χ3v) is 2.31. The van der Waals surface area contributed by atoms with Crippen LogP contribution in [0, 0.1) is 5.92 Å². The topological polar surface area (TPSA) is 21.3 Å². The Hall–Kier alpha value is -0.600. The smallest absolute Gasteiger partial charge is 0.0496 e. The van der Waals surface area contributed by atoms with E-state index >= 15 is 0 Å². The first kappa shape index (κ1) is 10.5. The fraction of sp³-hybridized carbons (Fsp3) is 0.636. The van der Waals surface area contributed by atoms with Crippen LogP contribution in [0.2, 0.25) is 0 Å². The molecule has 1 N–H and O–H groups in total. The van der Waals surface area contributed by atoms with Crippen LogP contribution < -0.4 is 5.32 Å². The fourth-order valence-corrected chi connectivity index (χ4v) is 1.80. The molecule has 0 aliphatic carbocycles. The molecule has 0 aromatic carbocycles. The molecule has 0 aromatic heterocycles. The molecule has 1 aliphatic rings. The van der Waals surface area contributed by atoms with Gasteiger partial charge in [-0.2, -0.15) is 0 Å². The highest BCUT2D eigenvalue weighted by molar-refractivity contribution is 5.07. The SMILES string of the molecule is C=C1CNCC(=C)CC(COC)C1. The standard InChI is InChI=1S/C11H19NO/c1-9-4-11(8-13-3)5-10(2)7-12-6-9/h11-12H,1-2,4-8H2,3H3. The van der Waals surface area contributed by atoms with Crippen LogP contribution in [0.3, 0.4) is 0 Å². The van der Waals surface area contributed by atoms with Crippen molar-refractivity contribution in [3.05, 3.63) is 24.3 Å². The molecular weight excluding hydrogens is 162 g/mol. The van der Waals surface area contributed by atoms with Crippen molar-refractivity contribution in [1.82, 2.24) is 5.32 Å². The van der Waals surface area contributed by atoms with Gasteiger partial charge in [-0.15, -0.1) is 0 Å². The monoisotopic (exact) mass is 181 g/mol. The van der Waals surface area contributed by atoms with E-state index in [2.05, 4.69) is 18.5 Å². The minimum Gasteiger partial charge on any atom is -0.384 e. The second kappa shape index (κ2) is 5.20. The average Bonchev–Trinajstić information content (AvgIpc) is 2.01. The van der Waals surface area contributed by atoms with Crippen LogP contribution in [0.4, 0.5) is 0 Å². The van der Waals surface area contributed by atoms with Gasteiger partial charge in [-0.05, 0) is 18.8 Å². The van der Waals surface area contributed by atoms with Crippen molar-refractivity contribution in [2.24, 2.45) is 5.92 Å². The summed E-state index contributed by atoms with van der Waals surface area (Å²) in [6.45, 7) is 10.7. The lowest BCUT2D eigenvalue weighted by Gasteiger charge is -2.22. The summed E-state index contributed by atoms with van der Waals surface area (Å²) in [6.07, 6.45) is 2.11. The van der Waals surface area contributed by atoms with Crippen molar-refractivity contribution < 1.29 is 4.74 Å². The summed E-state index contributed by atoms with van der Waals surface area (Å²) in [4.78, 5) is 0. The lowest BCUT2D eigenvalue weighted by molar-refractivity contribution is 0.150. The van der Waals surface area contributed by atoms with Gasteiger partial charge in [0, 0.05) is 26.8 Å². The van der Waals surface area contributed by atoms with Crippen LogP contribution in [0.25, 0.3) is 0 Å². The molecule has 13 heavy (non-hydrogen) atoms. The normalized spacial score (nSPS) is 21.3. The minimum atomic E-state index is 0.576. The number of nitrogens with one attached hydrogen (secondary N) is 1. The van der Waals surface area contributed by atoms with Crippen LogP contribution in [0.5, 0.6) is 0 Å². The van der Waals surface area contributed by atoms with Crippen LogP contribution in [-0.4, -0.2) is 26.8 Å². The Kier molecular flexibility index (Phi) is 4.19. The maximum absolute atomic E-state index is 5.17. The molecule has 2 nitrogen and oxygen atoms in total. The van der Waals surface area contributed by atoms with Gasteiger partial charge in [-0.1, -0.05) is 24.3 Å². The number of rotatable bonds is 2. The summed E-state index contributed by atoms with van der Waals surface area (Å²) in [5.41, 5.74) is 2.55. The first-order valence-corrected chi connectivity index (χ1v) is 4.75. The predicted octanol–water partition coefficient (Wildman–Crippen LogP) is 1.74. The Morgan fingerprint density at radius 1 is 1.31 bits per heavy atom. The van der Waals surface area contributed by atoms with Crippen LogP contribution >= 0.6 is 0 Å². The number of ether oxygens (including phenoxy) is 1. The van der Waals surface area contributed by atoms with Crippen LogP contribution in [-0.2, 0) is 4.74 Å². The largest absolute Gasteiger partial charge is 0.384 e. The summed E-state index contributed by atoms with van der Waals surface area (Å²) in [7, 11) is 1.75. The zero-order chi connectivity index (χ0) is 9.68. The van der Waals surface area contributed by atoms with Gasteiger partial charge in [0.15, 0.2) is 0 Å². The van der Waals surface area contributed by atoms with Crippen molar-refractivity contribution in [3.8, 4) is 0 Å². The molecule has 0 unspecified atom stereocenters. The van der Waals surface area contributed by atoms with E-state index in [0.29, 0.717) is 5.92 Å². The Morgan fingerprint density at radius 3 is 2.31 bits per heavy atom. The molecule has 0 atom stereocenters. The van der Waals surface area contributed by atoms with E-state index in [1.165, 1.54) is 11.1 Å². The van der Waals surface area contributed by atoms with Crippen molar-refractivity contribution >= 4 is 0 Å². The third kappa shape index (κ3) is 3.75. The van der Waals surface area contributed by atoms with Crippen LogP contribution in [0.1, 0.15) is 12.8 Å². The van der Waals surface area contributed by atoms with Gasteiger partial charge in [0.1, 0.15) is 0 Å². The summed E-state index contributed by atoms with van der Waals surface area (Å²) >= 11 is 0. The first-order chi connectivity index (χ1) is 6.22. The second-order valence-corrected chi connectivity index (χ2v) is 3.83. The fourth-order valence-electron chi connectivity index (χ4n) is 1.80. The van der Waals surface area contributed by atoms with E-state index in [0.717, 1.165) is 32.5 Å². The van der Waals surface area contributed by atoms with Gasteiger partial charge < -0.3 is 10.1 Å². The van der Waals surface area contributed by atoms with E-state index < -0.39 is 0 Å². The zero-order valence-corrected chi connectivity index (χ0v) is 8.44. The molecule has 2 heteroatoms. The van der Waals surface area contributed by atoms with E-state index in [-0.39, 0.29) is 0 Å². The Bertz CT molecular complexity index is 180. The average molecular weight is 181 g/mol. The molecule has 1 fully saturated rings. The minimum absolute atomic E-state index is 0.576. The summed E-state index contributed by atoms with van der Waals surface area (Å²) in [5.74, 6) is 0.576. The molecule has 0 spiro atoms. The molecule has 1 rings (SSSR count). The van der Waals surface area contributed by atoms with E-state index in [1.54, 1.807) is 7.11 Å². The highest BCUT2D eigenvalue weighted by atomic mass is 16.5. The maximum Gasteiger partial charge on any atom is 0.0496 e. The van der Waals surface area contributed by atoms with Gasteiger partial charge in [-0.3, -0.25) is 0 Å². The summed E-state index contributed by atoms with van der Waals surface area (Å²) < 4.78 is 5.17. The van der Waals surface area contributed by atoms with E-state index in [4.69, 9.17) is 4.74 Å². The molecule has 0 aromatic rings. The number of hydrogen-bond acceptors (Lipinski definition) is 2. The first-order valence-electron chi connectivity index (χ1n) is 4.75. The molecule has 74 valence electrons. The summed E-state index contributed by atoms with van der Waals surface area (Å²) in [6, 6.07) is 0. The molecule has 0 radical (unpaired) electrons. The van der Waals surface area contributed by atoms with Crippen molar-refractivity contribution in [2.45, 2.75) is 12.8 Å². The van der Waals surface area contributed by atoms with Gasteiger partial charge in [0.25, 0.3) is 0 Å². The predicted molar refractivity (Wildman–Crippen MR) is 55.7 cm³/mol. The van der Waals surface area contributed by atoms with E-state index in [1.807, 2.05) is 0 Å². The highest BCUT2D eigenvalue weighted by Gasteiger charge is 2.14. The molecule has 0 amide bonds. The Labute approximate surface area is 80.7 Å². The number of hydrogen-bond donors (Lipinski definition) is 1. The number of methoxy groups -OCH3 is 1. The van der Waals surface area contributed by atoms with Gasteiger partial charge in [0.05, 0.1) is 0 Å². The third-order valence-electron chi connectivity index (χ3n) is 2.31. The van der Waals surface area contributed by atoms with Gasteiger partial charge in [0.2, 0.25) is 0 Å². The van der Waals surface area contributed by atoms with Crippen molar-refractivity contribution in [1.29, 1.82) is 0 Å². The summed E-state index contributed by atoms with van der Waals surface area (Å²) in [5, 5.41) is 3.31. The maximum atomic E-state index is 5.17. The lowest BCUT2D eigenvalue weighted by atomic mass is 9.92. The molecule has 0 bridgehead atoms. The highest BCUT2D eigenvalue weighted by Crippen LogP contribution is 2.20. The van der Waals surface area contributed by atoms with E-state index in [9.17, 15) is 0 Å². The molecule has 1 aliphatic heterocycles. The van der Waals surface area contributed by atoms with Crippen LogP contribution in [0.15, 0.2) is 24.3 Å². The Morgan fingerprint density at radius 2 is 1.85 bits per heavy atom. The second-order valence-electron chi connectivity index (χ2n) is 3.83. The molecule has 0 saturated carbocycles. The lowest BCUT2D eigenvalue weighted by Crippen LogP contribution is -2.25. The Balaban J connectivity index is 2.48. The molecular formula is C11H19NO. The zero-order valence-electron chi connectivity index (χ0n) is 8.44.